The Balaban J connectivity index is 1.70. The lowest BCUT2D eigenvalue weighted by molar-refractivity contribution is -0.142. The summed E-state index contributed by atoms with van der Waals surface area (Å²) in [6.45, 7) is 3.92. The number of carbonyl (C=O) groups is 2. The number of pyridine rings is 1. The van der Waals surface area contributed by atoms with E-state index in [-0.39, 0.29) is 6.03 Å². The number of piperazine rings is 1. The highest BCUT2D eigenvalue weighted by Gasteiger charge is 2.25. The summed E-state index contributed by atoms with van der Waals surface area (Å²) < 4.78 is 4.63. The molecule has 0 spiro atoms. The second-order valence-electron chi connectivity index (χ2n) is 6.40. The highest BCUT2D eigenvalue weighted by molar-refractivity contribution is 6.31. The van der Waals surface area contributed by atoms with Crippen LogP contribution in [0, 0.1) is 0 Å². The maximum Gasteiger partial charge on any atom is 0.328 e. The van der Waals surface area contributed by atoms with Gasteiger partial charge >= 0.3 is 12.0 Å². The Morgan fingerprint density at radius 2 is 1.96 bits per heavy atom. The number of halogens is 1. The minimum atomic E-state index is -0.686. The fourth-order valence-electron chi connectivity index (χ4n) is 3.13. The number of carbonyl (C=O) groups excluding carboxylic acids is 2. The van der Waals surface area contributed by atoms with Crippen LogP contribution in [-0.2, 0) is 9.53 Å². The lowest BCUT2D eigenvalue weighted by Gasteiger charge is -2.36. The summed E-state index contributed by atoms with van der Waals surface area (Å²) in [5.41, 5.74) is 7.66. The quantitative estimate of drug-likeness (QED) is 0.774. The van der Waals surface area contributed by atoms with E-state index in [9.17, 15) is 9.59 Å². The molecule has 8 nitrogen and oxygen atoms in total. The number of esters is 1. The molecule has 144 valence electrons. The molecule has 2 amide bonds. The zero-order valence-electron chi connectivity index (χ0n) is 15.2. The predicted octanol–water partition coefficient (Wildman–Crippen LogP) is 1.86. The molecule has 1 aromatic carbocycles. The number of benzene rings is 1. The standard InChI is InChI=1S/C18H22ClN5O3/c1-11(17(25)27-2)21-18(26)24-7-5-23(6-8-24)15-10-16(20)22-14-9-12(19)3-4-13(14)15/h3-4,9-11H,5-8H2,1-2H3,(H2,20,22)(H,21,26)/t11-/m0/s1. The number of fused-ring (bicyclic) bond motifs is 1. The summed E-state index contributed by atoms with van der Waals surface area (Å²) in [7, 11) is 1.29. The van der Waals surface area contributed by atoms with Crippen molar-refractivity contribution < 1.29 is 14.3 Å². The lowest BCUT2D eigenvalue weighted by Crippen LogP contribution is -2.54. The van der Waals surface area contributed by atoms with Crippen LogP contribution in [0.4, 0.5) is 16.3 Å². The van der Waals surface area contributed by atoms with Crippen LogP contribution in [0.5, 0.6) is 0 Å². The molecule has 1 saturated heterocycles. The third-order valence-electron chi connectivity index (χ3n) is 4.57. The van der Waals surface area contributed by atoms with E-state index < -0.39 is 12.0 Å². The van der Waals surface area contributed by atoms with Gasteiger partial charge in [0.1, 0.15) is 11.9 Å². The molecule has 1 aromatic heterocycles. The average Bonchev–Trinajstić information content (AvgIpc) is 2.66. The van der Waals surface area contributed by atoms with Crippen molar-refractivity contribution in [2.75, 3.05) is 43.9 Å². The largest absolute Gasteiger partial charge is 0.467 e. The normalized spacial score (nSPS) is 15.5. The second kappa shape index (κ2) is 7.87. The molecular formula is C18H22ClN5O3. The topological polar surface area (TPSA) is 101 Å². The molecule has 3 rings (SSSR count). The van der Waals surface area contributed by atoms with Crippen molar-refractivity contribution in [3.8, 4) is 0 Å². The van der Waals surface area contributed by atoms with E-state index >= 15 is 0 Å². The molecule has 2 aromatic rings. The number of amides is 2. The molecule has 0 aliphatic carbocycles. The Morgan fingerprint density at radius 3 is 2.63 bits per heavy atom. The highest BCUT2D eigenvalue weighted by atomic mass is 35.5. The maximum atomic E-state index is 12.3. The second-order valence-corrected chi connectivity index (χ2v) is 6.83. The number of hydrogen-bond donors (Lipinski definition) is 2. The predicted molar refractivity (Wildman–Crippen MR) is 105 cm³/mol. The third-order valence-corrected chi connectivity index (χ3v) is 4.81. The van der Waals surface area contributed by atoms with Crippen molar-refractivity contribution in [3.63, 3.8) is 0 Å². The number of methoxy groups -OCH3 is 1. The van der Waals surface area contributed by atoms with E-state index in [0.717, 1.165) is 16.6 Å². The number of nitrogens with two attached hydrogens (primary N) is 1. The van der Waals surface area contributed by atoms with Gasteiger partial charge in [0.25, 0.3) is 0 Å². The first-order valence-electron chi connectivity index (χ1n) is 8.63. The van der Waals surface area contributed by atoms with E-state index in [1.54, 1.807) is 17.9 Å². The number of hydrogen-bond acceptors (Lipinski definition) is 6. The van der Waals surface area contributed by atoms with E-state index in [1.807, 2.05) is 18.2 Å². The number of rotatable bonds is 3. The first-order valence-corrected chi connectivity index (χ1v) is 9.01. The van der Waals surface area contributed by atoms with Gasteiger partial charge in [-0.05, 0) is 25.1 Å². The molecule has 0 radical (unpaired) electrons. The van der Waals surface area contributed by atoms with Crippen molar-refractivity contribution in [1.29, 1.82) is 0 Å². The smallest absolute Gasteiger partial charge is 0.328 e. The number of urea groups is 1. The van der Waals surface area contributed by atoms with Gasteiger partial charge in [-0.25, -0.2) is 14.6 Å². The van der Waals surface area contributed by atoms with Crippen LogP contribution in [0.1, 0.15) is 6.92 Å². The Morgan fingerprint density at radius 1 is 1.26 bits per heavy atom. The number of nitrogens with zero attached hydrogens (tertiary/aromatic N) is 3. The molecule has 1 aliphatic rings. The molecular weight excluding hydrogens is 370 g/mol. The van der Waals surface area contributed by atoms with Gasteiger partial charge in [0, 0.05) is 48.3 Å². The number of aromatic nitrogens is 1. The Labute approximate surface area is 162 Å². The van der Waals surface area contributed by atoms with Gasteiger partial charge in [-0.3, -0.25) is 0 Å². The average molecular weight is 392 g/mol. The molecule has 0 unspecified atom stereocenters. The molecule has 9 heteroatoms. The number of nitrogen functional groups attached to an aromatic ring is 1. The molecule has 3 N–H and O–H groups in total. The van der Waals surface area contributed by atoms with E-state index in [2.05, 4.69) is 19.9 Å². The molecule has 0 saturated carbocycles. The summed E-state index contributed by atoms with van der Waals surface area (Å²) >= 11 is 6.06. The summed E-state index contributed by atoms with van der Waals surface area (Å²) in [6.07, 6.45) is 0. The SMILES string of the molecule is COC(=O)[C@H](C)NC(=O)N1CCN(c2cc(N)nc3cc(Cl)ccc23)CC1. The monoisotopic (exact) mass is 391 g/mol. The van der Waals surface area contributed by atoms with E-state index in [0.29, 0.717) is 37.0 Å². The molecule has 1 aliphatic heterocycles. The summed E-state index contributed by atoms with van der Waals surface area (Å²) in [4.78, 5) is 32.0. The summed E-state index contributed by atoms with van der Waals surface area (Å²) in [5, 5.41) is 4.22. The minimum absolute atomic E-state index is 0.279. The van der Waals surface area contributed by atoms with Crippen LogP contribution in [0.15, 0.2) is 24.3 Å². The zero-order chi connectivity index (χ0) is 19.6. The summed E-state index contributed by atoms with van der Waals surface area (Å²) in [5.74, 6) is -0.0498. The van der Waals surface area contributed by atoms with Crippen molar-refractivity contribution in [2.45, 2.75) is 13.0 Å². The minimum Gasteiger partial charge on any atom is -0.467 e. The first-order chi connectivity index (χ1) is 12.9. The Bertz CT molecular complexity index is 862. The van der Waals surface area contributed by atoms with E-state index in [4.69, 9.17) is 17.3 Å². The van der Waals surface area contributed by atoms with Crippen LogP contribution in [0.25, 0.3) is 10.9 Å². The van der Waals surface area contributed by atoms with Gasteiger partial charge in [0.2, 0.25) is 0 Å². The van der Waals surface area contributed by atoms with Crippen molar-refractivity contribution in [1.82, 2.24) is 15.2 Å². The van der Waals surface area contributed by atoms with Gasteiger partial charge in [0.15, 0.2) is 0 Å². The molecule has 27 heavy (non-hydrogen) atoms. The summed E-state index contributed by atoms with van der Waals surface area (Å²) in [6, 6.07) is 6.41. The van der Waals surface area contributed by atoms with Crippen LogP contribution >= 0.6 is 11.6 Å². The van der Waals surface area contributed by atoms with Gasteiger partial charge < -0.3 is 25.6 Å². The first kappa shape index (κ1) is 19.0. The van der Waals surface area contributed by atoms with Crippen LogP contribution in [0.3, 0.4) is 0 Å². The van der Waals surface area contributed by atoms with Gasteiger partial charge in [0.05, 0.1) is 12.6 Å². The van der Waals surface area contributed by atoms with E-state index in [1.165, 1.54) is 7.11 Å². The number of anilines is 2. The van der Waals surface area contributed by atoms with Crippen molar-refractivity contribution >= 4 is 46.0 Å². The number of ether oxygens (including phenoxy) is 1. The molecule has 1 fully saturated rings. The molecule has 0 bridgehead atoms. The lowest BCUT2D eigenvalue weighted by atomic mass is 10.1. The van der Waals surface area contributed by atoms with Crippen LogP contribution in [0.2, 0.25) is 5.02 Å². The fourth-order valence-corrected chi connectivity index (χ4v) is 3.29. The van der Waals surface area contributed by atoms with Crippen molar-refractivity contribution in [2.24, 2.45) is 0 Å². The molecule has 1 atom stereocenters. The Hall–Kier alpha value is -2.74. The number of nitrogens with one attached hydrogen (secondary N) is 1. The zero-order valence-corrected chi connectivity index (χ0v) is 16.0. The van der Waals surface area contributed by atoms with Crippen molar-refractivity contribution in [3.05, 3.63) is 29.3 Å². The molecule has 2 heterocycles. The Kier molecular flexibility index (Phi) is 5.55. The van der Waals surface area contributed by atoms with Crippen LogP contribution in [-0.4, -0.2) is 61.2 Å². The van der Waals surface area contributed by atoms with Crippen LogP contribution < -0.4 is 16.0 Å². The van der Waals surface area contributed by atoms with Gasteiger partial charge in [-0.2, -0.15) is 0 Å². The van der Waals surface area contributed by atoms with Gasteiger partial charge in [-0.1, -0.05) is 11.6 Å². The maximum absolute atomic E-state index is 12.3. The fraction of sp³-hybridized carbons (Fsp3) is 0.389. The highest BCUT2D eigenvalue weighted by Crippen LogP contribution is 2.30. The third kappa shape index (κ3) is 4.16. The van der Waals surface area contributed by atoms with Gasteiger partial charge in [-0.15, -0.1) is 0 Å².